The smallest absolute Gasteiger partial charge is 0.481 e. The lowest BCUT2D eigenvalue weighted by atomic mass is 9.81. The zero-order valence-corrected chi connectivity index (χ0v) is 61.1. The number of carbonyl (C=O) groups is 5. The lowest BCUT2D eigenvalue weighted by molar-refractivity contribution is -0.401. The van der Waals surface area contributed by atoms with Crippen molar-refractivity contribution >= 4 is 80.5 Å². The third-order valence-corrected chi connectivity index (χ3v) is 14.3. The number of benzene rings is 7. The van der Waals surface area contributed by atoms with Gasteiger partial charge in [-0.25, -0.2) is 4.42 Å². The van der Waals surface area contributed by atoms with Crippen LogP contribution in [0.4, 0.5) is 59.4 Å². The van der Waals surface area contributed by atoms with E-state index in [1.54, 1.807) is 26.8 Å². The molecule has 0 saturated carbocycles. The Morgan fingerprint density at radius 2 is 1.00 bits per heavy atom. The van der Waals surface area contributed by atoms with Crippen molar-refractivity contribution in [2.24, 2.45) is 0 Å². The van der Waals surface area contributed by atoms with Crippen molar-refractivity contribution in [1.29, 1.82) is 0 Å². The molecular weight excluding hydrogens is 1390 g/mol. The Labute approximate surface area is 613 Å². The number of carboxylic acids is 1. The Bertz CT molecular complexity index is 4100. The highest BCUT2D eigenvalue weighted by Crippen LogP contribution is 2.46. The molecule has 563 valence electrons. The molecule has 0 amide bonds. The van der Waals surface area contributed by atoms with Crippen molar-refractivity contribution in [3.05, 3.63) is 294 Å². The standard InChI is InChI=1S/C31H28NO.C18H15O.C13H15NO.C8H8O.C4H6O3.C2H5BF.C2H4O2.C2H6O.2BF4.F2/c1-31(2)27-18-10-11-19-28(27)32(3)30(31)20-12-17-26-21-25(23-13-6-4-7-14-23)22-29(33-26)24-15-8-5-9-16-24;1-14-12-17(15-8-4-2-5-9-15)13-18(19-14)16-10-6-3-7-11-16;1-13(2)10-6-4-5-7-11(10)14(3)12(13)8-9-15;1-7(9)8-5-3-2-4-6-8;1-3(5)7-4(2)6;1-2-3-4;1-2(3)4;1-2-3;2*2-1(3,4)5;1-2/h4-22H,1-3H3;2-13H,1H3;4-9H,1-3H3;2-6H,1H3;1-2H3;2H2,1H3;1H3,(H,3,4);3H,2H2,1H3;;;/q2*+1;;;;;;;2*-1;/b;;12-8+;;;;;;;;. The Hall–Kier alpha value is -11.0. The largest absolute Gasteiger partial charge is 0.673 e. The normalized spacial score (nSPS) is 13.5. The van der Waals surface area contributed by atoms with Crippen LogP contribution in [0.3, 0.4) is 0 Å². The number of aliphatic hydroxyl groups is 1. The average Bonchev–Trinajstić information content (AvgIpc) is 1.61. The summed E-state index contributed by atoms with van der Waals surface area (Å²) in [6, 6.07) is 71.5. The summed E-state index contributed by atoms with van der Waals surface area (Å²) in [6.07, 6.45) is 13.6. The van der Waals surface area contributed by atoms with Gasteiger partial charge in [0.15, 0.2) is 11.5 Å². The minimum atomic E-state index is -6.00. The van der Waals surface area contributed by atoms with Gasteiger partial charge in [-0.05, 0) is 98.8 Å². The number of hydrogen-bond acceptors (Lipinski definition) is 9. The molecule has 0 fully saturated rings. The van der Waals surface area contributed by atoms with Gasteiger partial charge in [0.2, 0.25) is 5.69 Å². The van der Waals surface area contributed by atoms with Crippen LogP contribution in [0.15, 0.2) is 265 Å². The molecule has 0 saturated heterocycles. The van der Waals surface area contributed by atoms with Crippen molar-refractivity contribution in [3.63, 3.8) is 0 Å². The zero-order valence-electron chi connectivity index (χ0n) is 61.1. The number of aliphatic carboxylic acids is 1. The maximum atomic E-state index is 10.6. The highest BCUT2D eigenvalue weighted by atomic mass is 20.0. The molecule has 3 aliphatic heterocycles. The number of fused-ring (bicyclic) bond motifs is 2. The van der Waals surface area contributed by atoms with Crippen molar-refractivity contribution < 1.29 is 101 Å². The third kappa shape index (κ3) is 35.5. The van der Waals surface area contributed by atoms with Gasteiger partial charge < -0.3 is 63.4 Å². The fourth-order valence-corrected chi connectivity index (χ4v) is 10.1. The van der Waals surface area contributed by atoms with Gasteiger partial charge in [-0.2, -0.15) is 4.58 Å². The summed E-state index contributed by atoms with van der Waals surface area (Å²) >= 11 is 0. The summed E-state index contributed by atoms with van der Waals surface area (Å²) in [5, 5.41) is 15.0. The van der Waals surface area contributed by atoms with Gasteiger partial charge in [0.1, 0.15) is 24.9 Å². The summed E-state index contributed by atoms with van der Waals surface area (Å²) in [5.74, 6) is 1.66. The lowest BCUT2D eigenvalue weighted by Gasteiger charge is -2.23. The second-order valence-electron chi connectivity index (χ2n) is 23.3. The van der Waals surface area contributed by atoms with Crippen LogP contribution in [0.25, 0.3) is 33.8 Å². The van der Waals surface area contributed by atoms with Crippen LogP contribution in [0.5, 0.6) is 0 Å². The van der Waals surface area contributed by atoms with Crippen LogP contribution in [-0.4, -0.2) is 93.2 Å². The quantitative estimate of drug-likeness (QED) is 0.0163. The van der Waals surface area contributed by atoms with E-state index in [2.05, 4.69) is 201 Å². The number of ether oxygens (including phenoxy) is 2. The predicted molar refractivity (Wildman–Crippen MR) is 403 cm³/mol. The summed E-state index contributed by atoms with van der Waals surface area (Å²) in [6.45, 7) is 19.5. The van der Waals surface area contributed by atoms with Crippen LogP contribution in [-0.2, 0) is 39.5 Å². The third-order valence-electron chi connectivity index (χ3n) is 14.3. The minimum absolute atomic E-state index is 0.0477. The van der Waals surface area contributed by atoms with E-state index in [0.717, 1.165) is 64.2 Å². The molecule has 0 bridgehead atoms. The number of likely N-dealkylation sites (N-methyl/N-ethyl adjacent to an activating group) is 1. The molecule has 1 radical (unpaired) electrons. The minimum Gasteiger partial charge on any atom is -0.481 e. The molecule has 7 aromatic carbocycles. The summed E-state index contributed by atoms with van der Waals surface area (Å²) in [4.78, 5) is 52.0. The van der Waals surface area contributed by atoms with E-state index in [0.29, 0.717) is 13.9 Å². The average molecular weight is 1480 g/mol. The van der Waals surface area contributed by atoms with E-state index in [-0.39, 0.29) is 23.2 Å². The molecule has 0 aliphatic carbocycles. The molecule has 8 aromatic rings. The Morgan fingerprint density at radius 3 is 1.41 bits per heavy atom. The molecular formula is C80H87B3F11N2O10. The molecule has 26 heteroatoms. The van der Waals surface area contributed by atoms with Crippen molar-refractivity contribution in [1.82, 2.24) is 0 Å². The number of Topliss-reactive ketones (excluding diaryl/α,β-unsaturated/α-hetero) is 1. The number of hydrogen-bond donors (Lipinski definition) is 2. The fourth-order valence-electron chi connectivity index (χ4n) is 10.1. The molecule has 12 nitrogen and oxygen atoms in total. The Balaban J connectivity index is 0.000000660. The van der Waals surface area contributed by atoms with E-state index < -0.39 is 32.4 Å². The van der Waals surface area contributed by atoms with Crippen LogP contribution >= 0.6 is 0 Å². The maximum absolute atomic E-state index is 10.6. The number of aldehydes is 1. The first kappa shape index (κ1) is 93.0. The number of carboxylic acid groups (broad SMARTS) is 1. The highest BCUT2D eigenvalue weighted by molar-refractivity contribution is 6.50. The van der Waals surface area contributed by atoms with E-state index in [9.17, 15) is 58.0 Å². The summed E-state index contributed by atoms with van der Waals surface area (Å²) in [5.41, 5.74) is 14.9. The van der Waals surface area contributed by atoms with Gasteiger partial charge in [0, 0.05) is 101 Å². The number of aliphatic hydroxyl groups excluding tert-OH is 1. The Kier molecular flexibility index (Phi) is 42.2. The van der Waals surface area contributed by atoms with Gasteiger partial charge in [-0.3, -0.25) is 24.0 Å². The summed E-state index contributed by atoms with van der Waals surface area (Å²) in [7, 11) is -7.23. The highest BCUT2D eigenvalue weighted by Gasteiger charge is 2.42. The van der Waals surface area contributed by atoms with E-state index >= 15 is 0 Å². The predicted octanol–water partition coefficient (Wildman–Crippen LogP) is 21.5. The van der Waals surface area contributed by atoms with Gasteiger partial charge in [-0.1, -0.05) is 203 Å². The maximum Gasteiger partial charge on any atom is 0.673 e. The molecule has 0 atom stereocenters. The molecule has 11 rings (SSSR count). The second-order valence-corrected chi connectivity index (χ2v) is 23.3. The van der Waals surface area contributed by atoms with Gasteiger partial charge in [-0.15, -0.1) is 0 Å². The van der Waals surface area contributed by atoms with Crippen LogP contribution in [0.1, 0.15) is 108 Å². The number of nitrogens with zero attached hydrogens (tertiary/aromatic N) is 2. The summed E-state index contributed by atoms with van der Waals surface area (Å²) < 4.78 is 123. The first-order chi connectivity index (χ1) is 49.9. The van der Waals surface area contributed by atoms with Crippen molar-refractivity contribution in [3.8, 4) is 22.5 Å². The van der Waals surface area contributed by atoms with Crippen molar-refractivity contribution in [2.45, 2.75) is 93.3 Å². The first-order valence-corrected chi connectivity index (χ1v) is 32.7. The molecule has 4 heterocycles. The molecule has 0 unspecified atom stereocenters. The number of rotatable bonds is 9. The van der Waals surface area contributed by atoms with E-state index in [4.69, 9.17) is 33.3 Å². The number of ketones is 1. The van der Waals surface area contributed by atoms with Gasteiger partial charge >= 0.3 is 45.5 Å². The zero-order chi connectivity index (χ0) is 80.2. The number of para-hydroxylation sites is 2. The Morgan fingerprint density at radius 1 is 0.594 bits per heavy atom. The van der Waals surface area contributed by atoms with Crippen LogP contribution < -0.4 is 4.90 Å². The lowest BCUT2D eigenvalue weighted by Crippen LogP contribution is -2.26. The molecule has 1 aromatic heterocycles. The SMILES string of the molecule is CC(=O)O.CC(=O)OC(C)=O.CC(=O)c1ccccc1.CCO.CC[B]F.CN1/C(=C/C=O)C(C)(C)c2ccccc21.C[N+]1=C(C=CC=C2C=C(c3ccccc3)C=C(c3ccccc3)O2)C(C)(C)c2ccccc21.Cc1cc(-c2ccccc2)cc(-c2ccccc2)[o+]1.FF.F[B-](F)(F)F.F[B-](F)(F)F. The number of halogens is 11. The number of esters is 2. The molecule has 2 N–H and O–H groups in total. The molecule has 3 aliphatic rings. The first-order valence-electron chi connectivity index (χ1n) is 32.7. The molecule has 0 spiro atoms. The monoisotopic (exact) mass is 1480 g/mol. The van der Waals surface area contributed by atoms with E-state index in [1.165, 1.54) is 58.8 Å². The number of aryl methyl sites for hydroxylation is 1. The van der Waals surface area contributed by atoms with E-state index in [1.807, 2.05) is 105 Å². The number of anilines is 1. The van der Waals surface area contributed by atoms with Crippen LogP contribution in [0, 0.1) is 6.92 Å². The fraction of sp³-hybridized carbons (Fsp3) is 0.212. The van der Waals surface area contributed by atoms with Crippen molar-refractivity contribution in [2.75, 3.05) is 25.6 Å². The van der Waals surface area contributed by atoms with Gasteiger partial charge in [0.25, 0.3) is 5.97 Å². The molecule has 106 heavy (non-hydrogen) atoms. The second kappa shape index (κ2) is 48.1. The number of allylic oxidation sites excluding steroid dienone is 8. The topological polar surface area (TPSA) is 162 Å². The van der Waals surface area contributed by atoms with Crippen LogP contribution in [0.2, 0.25) is 6.32 Å². The van der Waals surface area contributed by atoms with Gasteiger partial charge in [0.05, 0.1) is 24.0 Å². The number of carbonyl (C=O) groups excluding carboxylic acids is 4.